The second-order valence-electron chi connectivity index (χ2n) is 2.64. The van der Waals surface area contributed by atoms with Crippen molar-refractivity contribution < 1.29 is 5.11 Å². The third kappa shape index (κ3) is 3.05. The van der Waals surface area contributed by atoms with Gasteiger partial charge in [-0.3, -0.25) is 0 Å². The second kappa shape index (κ2) is 5.49. The molecule has 0 amide bonds. The topological polar surface area (TPSA) is 20.2 Å². The molecule has 0 spiro atoms. The van der Waals surface area contributed by atoms with Crippen molar-refractivity contribution in [3.05, 3.63) is 32.2 Å². The number of rotatable bonds is 3. The number of halogens is 3. The molecule has 0 heterocycles. The van der Waals surface area contributed by atoms with E-state index in [-0.39, 0.29) is 6.61 Å². The van der Waals surface area contributed by atoms with Crippen LogP contribution >= 0.6 is 47.8 Å². The maximum atomic E-state index is 8.96. The van der Waals surface area contributed by atoms with Crippen molar-refractivity contribution in [1.29, 1.82) is 0 Å². The van der Waals surface area contributed by atoms with Crippen LogP contribution in [-0.4, -0.2) is 10.4 Å². The Bertz CT molecular complexity index is 276. The van der Waals surface area contributed by atoms with Crippen LogP contribution in [0.5, 0.6) is 0 Å². The van der Waals surface area contributed by atoms with Crippen molar-refractivity contribution in [1.82, 2.24) is 0 Å². The molecule has 1 nitrogen and oxygen atoms in total. The highest BCUT2D eigenvalue weighted by Crippen LogP contribution is 2.28. The molecule has 0 aliphatic heterocycles. The first-order valence-corrected chi connectivity index (χ1v) is 6.53. The van der Waals surface area contributed by atoms with Gasteiger partial charge in [-0.1, -0.05) is 47.8 Å². The van der Waals surface area contributed by atoms with E-state index in [9.17, 15) is 0 Å². The van der Waals surface area contributed by atoms with Crippen LogP contribution in [0.4, 0.5) is 0 Å². The number of aliphatic hydroxyl groups is 1. The summed E-state index contributed by atoms with van der Waals surface area (Å²) in [5.41, 5.74) is 2.14. The molecule has 4 heteroatoms. The van der Waals surface area contributed by atoms with Crippen LogP contribution in [0.3, 0.4) is 0 Å². The highest BCUT2D eigenvalue weighted by atomic mass is 79.9. The zero-order valence-electron chi connectivity index (χ0n) is 6.86. The lowest BCUT2D eigenvalue weighted by molar-refractivity contribution is 0.281. The van der Waals surface area contributed by atoms with Gasteiger partial charge in [0, 0.05) is 14.3 Å². The van der Waals surface area contributed by atoms with Crippen molar-refractivity contribution in [3.8, 4) is 0 Å². The molecule has 13 heavy (non-hydrogen) atoms. The van der Waals surface area contributed by atoms with E-state index in [1.54, 1.807) is 0 Å². The summed E-state index contributed by atoms with van der Waals surface area (Å²) in [5.74, 6) is 0. The number of benzene rings is 1. The van der Waals surface area contributed by atoms with Gasteiger partial charge in [0.2, 0.25) is 0 Å². The predicted molar refractivity (Wildman–Crippen MR) is 65.3 cm³/mol. The van der Waals surface area contributed by atoms with Crippen molar-refractivity contribution in [3.63, 3.8) is 0 Å². The minimum atomic E-state index is 0.0752. The minimum absolute atomic E-state index is 0.0752. The molecule has 0 aliphatic carbocycles. The lowest BCUT2D eigenvalue weighted by atomic mass is 10.1. The zero-order valence-corrected chi connectivity index (χ0v) is 11.6. The molecule has 1 aromatic carbocycles. The lowest BCUT2D eigenvalue weighted by Gasteiger charge is -2.07. The molecule has 0 saturated heterocycles. The maximum Gasteiger partial charge on any atom is 0.0682 e. The largest absolute Gasteiger partial charge is 0.392 e. The van der Waals surface area contributed by atoms with E-state index >= 15 is 0 Å². The van der Waals surface area contributed by atoms with Crippen LogP contribution in [0.15, 0.2) is 21.1 Å². The van der Waals surface area contributed by atoms with Gasteiger partial charge in [-0.25, -0.2) is 0 Å². The number of aliphatic hydroxyl groups excluding tert-OH is 1. The summed E-state index contributed by atoms with van der Waals surface area (Å²) in [7, 11) is 0. The average molecular weight is 373 g/mol. The first kappa shape index (κ1) is 11.7. The fourth-order valence-electron chi connectivity index (χ4n) is 1.08. The Morgan fingerprint density at radius 3 is 2.08 bits per heavy atom. The monoisotopic (exact) mass is 370 g/mol. The van der Waals surface area contributed by atoms with Crippen LogP contribution in [0.2, 0.25) is 0 Å². The van der Waals surface area contributed by atoms with Gasteiger partial charge in [0.1, 0.15) is 0 Å². The molecule has 0 aliphatic rings. The average Bonchev–Trinajstić information content (AvgIpc) is 2.11. The summed E-state index contributed by atoms with van der Waals surface area (Å²) >= 11 is 10.4. The van der Waals surface area contributed by atoms with E-state index < -0.39 is 0 Å². The first-order chi connectivity index (χ1) is 6.19. The van der Waals surface area contributed by atoms with E-state index in [0.29, 0.717) is 0 Å². The van der Waals surface area contributed by atoms with E-state index in [1.165, 1.54) is 5.56 Å². The fraction of sp³-hybridized carbons (Fsp3) is 0.333. The van der Waals surface area contributed by atoms with Crippen LogP contribution in [0.25, 0.3) is 0 Å². The van der Waals surface area contributed by atoms with E-state index in [2.05, 4.69) is 47.8 Å². The molecule has 0 fully saturated rings. The van der Waals surface area contributed by atoms with Gasteiger partial charge in [-0.15, -0.1) is 0 Å². The van der Waals surface area contributed by atoms with E-state index in [4.69, 9.17) is 5.11 Å². The van der Waals surface area contributed by atoms with Crippen LogP contribution in [0.1, 0.15) is 11.1 Å². The molecule has 1 N–H and O–H groups in total. The summed E-state index contributed by atoms with van der Waals surface area (Å²) < 4.78 is 2.09. The maximum absolute atomic E-state index is 8.96. The Hall–Kier alpha value is 0.620. The van der Waals surface area contributed by atoms with Crippen molar-refractivity contribution in [2.24, 2.45) is 0 Å². The molecule has 0 radical (unpaired) electrons. The molecule has 72 valence electrons. The highest BCUT2D eigenvalue weighted by molar-refractivity contribution is 9.11. The predicted octanol–water partition coefficient (Wildman–Crippen LogP) is 3.64. The van der Waals surface area contributed by atoms with Gasteiger partial charge in [-0.05, 0) is 29.7 Å². The van der Waals surface area contributed by atoms with Gasteiger partial charge >= 0.3 is 0 Å². The van der Waals surface area contributed by atoms with Crippen molar-refractivity contribution >= 4 is 47.8 Å². The molecular formula is C9H9Br3O. The SMILES string of the molecule is OCc1cc(Br)c(CCBr)c(Br)c1. The molecule has 1 aromatic rings. The van der Waals surface area contributed by atoms with Crippen molar-refractivity contribution in [2.45, 2.75) is 13.0 Å². The summed E-state index contributed by atoms with van der Waals surface area (Å²) in [6.45, 7) is 0.0752. The lowest BCUT2D eigenvalue weighted by Crippen LogP contribution is -1.93. The Labute approximate surface area is 103 Å². The third-order valence-corrected chi connectivity index (χ3v) is 3.54. The second-order valence-corrected chi connectivity index (χ2v) is 5.14. The molecular weight excluding hydrogens is 364 g/mol. The van der Waals surface area contributed by atoms with Gasteiger partial charge in [0.25, 0.3) is 0 Å². The summed E-state index contributed by atoms with van der Waals surface area (Å²) in [6, 6.07) is 3.89. The molecule has 0 atom stereocenters. The van der Waals surface area contributed by atoms with Gasteiger partial charge < -0.3 is 5.11 Å². The Morgan fingerprint density at radius 1 is 1.15 bits per heavy atom. The Morgan fingerprint density at radius 2 is 1.69 bits per heavy atom. The molecule has 0 bridgehead atoms. The van der Waals surface area contributed by atoms with Gasteiger partial charge in [-0.2, -0.15) is 0 Å². The minimum Gasteiger partial charge on any atom is -0.392 e. The number of hydrogen-bond donors (Lipinski definition) is 1. The third-order valence-electron chi connectivity index (χ3n) is 1.73. The van der Waals surface area contributed by atoms with Crippen LogP contribution in [0, 0.1) is 0 Å². The molecule has 0 unspecified atom stereocenters. The Balaban J connectivity index is 3.07. The number of hydrogen-bond acceptors (Lipinski definition) is 1. The molecule has 1 rings (SSSR count). The van der Waals surface area contributed by atoms with Gasteiger partial charge in [0.15, 0.2) is 0 Å². The summed E-state index contributed by atoms with van der Waals surface area (Å²) in [4.78, 5) is 0. The van der Waals surface area contributed by atoms with Crippen LogP contribution in [-0.2, 0) is 13.0 Å². The van der Waals surface area contributed by atoms with Gasteiger partial charge in [0.05, 0.1) is 6.61 Å². The van der Waals surface area contributed by atoms with Crippen molar-refractivity contribution in [2.75, 3.05) is 5.33 Å². The highest BCUT2D eigenvalue weighted by Gasteiger charge is 2.06. The normalized spacial score (nSPS) is 10.5. The fourth-order valence-corrected chi connectivity index (χ4v) is 3.15. The number of alkyl halides is 1. The molecule has 0 saturated carbocycles. The smallest absolute Gasteiger partial charge is 0.0682 e. The zero-order chi connectivity index (χ0) is 9.84. The van der Waals surface area contributed by atoms with E-state index in [0.717, 1.165) is 26.3 Å². The molecule has 0 aromatic heterocycles. The first-order valence-electron chi connectivity index (χ1n) is 3.82. The Kier molecular flexibility index (Phi) is 4.94. The summed E-state index contributed by atoms with van der Waals surface area (Å²) in [6.07, 6.45) is 0.965. The quantitative estimate of drug-likeness (QED) is 0.803. The van der Waals surface area contributed by atoms with E-state index in [1.807, 2.05) is 12.1 Å². The summed E-state index contributed by atoms with van der Waals surface area (Å²) in [5, 5.41) is 9.89. The van der Waals surface area contributed by atoms with Crippen LogP contribution < -0.4 is 0 Å². The standard InChI is InChI=1S/C9H9Br3O/c10-2-1-7-8(11)3-6(5-13)4-9(7)12/h3-4,13H,1-2,5H2.